The zero-order valence-corrected chi connectivity index (χ0v) is 13.0. The van der Waals surface area contributed by atoms with Crippen molar-refractivity contribution in [3.63, 3.8) is 0 Å². The van der Waals surface area contributed by atoms with E-state index < -0.39 is 38.0 Å². The molecule has 0 spiro atoms. The fraction of sp³-hybridized carbons (Fsp3) is 0.0714. The summed E-state index contributed by atoms with van der Waals surface area (Å²) < 4.78 is 34.3. The number of carboxylic acids is 1. The van der Waals surface area contributed by atoms with Gasteiger partial charge in [0.1, 0.15) is 4.90 Å². The van der Waals surface area contributed by atoms with Crippen molar-refractivity contribution in [1.82, 2.24) is 0 Å². The van der Waals surface area contributed by atoms with Crippen molar-refractivity contribution >= 4 is 21.8 Å². The van der Waals surface area contributed by atoms with Crippen molar-refractivity contribution in [2.45, 2.75) is 4.90 Å². The van der Waals surface area contributed by atoms with Gasteiger partial charge in [0, 0.05) is 6.07 Å². The number of rotatable bonds is 6. The number of nitro groups is 1. The molecule has 0 aliphatic heterocycles. The van der Waals surface area contributed by atoms with Crippen LogP contribution in [0.3, 0.4) is 0 Å². The highest BCUT2D eigenvalue weighted by Gasteiger charge is 2.31. The van der Waals surface area contributed by atoms with Crippen molar-refractivity contribution < 1.29 is 32.2 Å². The van der Waals surface area contributed by atoms with Crippen LogP contribution < -0.4 is 8.92 Å². The average molecular weight is 353 g/mol. The summed E-state index contributed by atoms with van der Waals surface area (Å²) >= 11 is 0. The van der Waals surface area contributed by atoms with Crippen LogP contribution in [0.2, 0.25) is 0 Å². The number of nitro benzene ring substituents is 1. The fourth-order valence-corrected chi connectivity index (χ4v) is 2.87. The Morgan fingerprint density at radius 2 is 1.79 bits per heavy atom. The first kappa shape index (κ1) is 17.2. The monoisotopic (exact) mass is 353 g/mol. The van der Waals surface area contributed by atoms with Crippen molar-refractivity contribution in [2.24, 2.45) is 0 Å². The maximum atomic E-state index is 12.3. The average Bonchev–Trinajstić information content (AvgIpc) is 2.54. The molecule has 0 saturated heterocycles. The first-order valence-corrected chi connectivity index (χ1v) is 7.77. The third kappa shape index (κ3) is 3.27. The second-order valence-electron chi connectivity index (χ2n) is 4.40. The highest BCUT2D eigenvalue weighted by atomic mass is 32.2. The lowest BCUT2D eigenvalue weighted by Gasteiger charge is -2.13. The highest BCUT2D eigenvalue weighted by Crippen LogP contribution is 2.39. The molecular weight excluding hydrogens is 342 g/mol. The van der Waals surface area contributed by atoms with E-state index in [1.165, 1.54) is 24.3 Å². The molecule has 24 heavy (non-hydrogen) atoms. The maximum Gasteiger partial charge on any atom is 0.346 e. The van der Waals surface area contributed by atoms with Gasteiger partial charge in [-0.2, -0.15) is 8.42 Å². The number of carboxylic acid groups (broad SMARTS) is 1. The third-order valence-electron chi connectivity index (χ3n) is 2.95. The lowest BCUT2D eigenvalue weighted by molar-refractivity contribution is -0.385. The van der Waals surface area contributed by atoms with Gasteiger partial charge in [0.25, 0.3) is 5.69 Å². The lowest BCUT2D eigenvalue weighted by Crippen LogP contribution is -2.14. The van der Waals surface area contributed by atoms with Crippen LogP contribution in [0, 0.1) is 10.1 Å². The summed E-state index contributed by atoms with van der Waals surface area (Å²) in [6.07, 6.45) is 0. The Kier molecular flexibility index (Phi) is 4.69. The van der Waals surface area contributed by atoms with Crippen LogP contribution in [-0.2, 0) is 10.1 Å². The maximum absolute atomic E-state index is 12.3. The van der Waals surface area contributed by atoms with E-state index in [0.29, 0.717) is 0 Å². The van der Waals surface area contributed by atoms with E-state index >= 15 is 0 Å². The third-order valence-corrected chi connectivity index (χ3v) is 4.19. The number of aromatic carboxylic acids is 1. The van der Waals surface area contributed by atoms with Gasteiger partial charge in [-0.3, -0.25) is 10.1 Å². The quantitative estimate of drug-likeness (QED) is 0.474. The topological polar surface area (TPSA) is 133 Å². The molecule has 0 amide bonds. The van der Waals surface area contributed by atoms with Crippen LogP contribution in [0.5, 0.6) is 11.5 Å². The molecule has 0 aliphatic carbocycles. The smallest absolute Gasteiger partial charge is 0.346 e. The number of benzene rings is 2. The lowest BCUT2D eigenvalue weighted by atomic mass is 10.1. The van der Waals surface area contributed by atoms with Crippen LogP contribution >= 0.6 is 0 Å². The predicted molar refractivity (Wildman–Crippen MR) is 80.9 cm³/mol. The largest absolute Gasteiger partial charge is 0.493 e. The second-order valence-corrected chi connectivity index (χ2v) is 5.95. The summed E-state index contributed by atoms with van der Waals surface area (Å²) in [6.45, 7) is 0. The van der Waals surface area contributed by atoms with Crippen LogP contribution in [0.4, 0.5) is 5.69 Å². The Morgan fingerprint density at radius 1 is 1.17 bits per heavy atom. The van der Waals surface area contributed by atoms with E-state index in [2.05, 4.69) is 0 Å². The van der Waals surface area contributed by atoms with Gasteiger partial charge in [-0.15, -0.1) is 0 Å². The number of ether oxygens (including phenoxy) is 1. The molecule has 10 heteroatoms. The molecule has 0 bridgehead atoms. The van der Waals surface area contributed by atoms with Gasteiger partial charge in [0.15, 0.2) is 11.3 Å². The minimum atomic E-state index is -4.41. The summed E-state index contributed by atoms with van der Waals surface area (Å²) in [5.41, 5.74) is -1.74. The van der Waals surface area contributed by atoms with E-state index in [1.807, 2.05) is 0 Å². The van der Waals surface area contributed by atoms with Crippen molar-refractivity contribution in [2.75, 3.05) is 7.11 Å². The number of hydrogen-bond acceptors (Lipinski definition) is 7. The molecule has 0 aromatic heterocycles. The number of methoxy groups -OCH3 is 1. The molecule has 0 unspecified atom stereocenters. The zero-order valence-electron chi connectivity index (χ0n) is 12.2. The van der Waals surface area contributed by atoms with Gasteiger partial charge in [-0.25, -0.2) is 4.79 Å². The number of hydrogen-bond donors (Lipinski definition) is 1. The van der Waals surface area contributed by atoms with Gasteiger partial charge in [0.05, 0.1) is 12.0 Å². The van der Waals surface area contributed by atoms with Gasteiger partial charge < -0.3 is 14.0 Å². The molecule has 0 saturated carbocycles. The molecule has 0 fully saturated rings. The molecule has 2 aromatic carbocycles. The van der Waals surface area contributed by atoms with Gasteiger partial charge in [-0.05, 0) is 18.2 Å². The first-order valence-electron chi connectivity index (χ1n) is 6.36. The minimum Gasteiger partial charge on any atom is -0.493 e. The van der Waals surface area contributed by atoms with Gasteiger partial charge in [0.2, 0.25) is 5.75 Å². The Bertz CT molecular complexity index is 892. The molecular formula is C14H11NO8S. The second kappa shape index (κ2) is 6.54. The summed E-state index contributed by atoms with van der Waals surface area (Å²) in [5.74, 6) is -2.75. The predicted octanol–water partition coefficient (Wildman–Crippen LogP) is 2.07. The normalized spacial score (nSPS) is 10.9. The number of carbonyl (C=O) groups is 1. The summed E-state index contributed by atoms with van der Waals surface area (Å²) in [6, 6.07) is 8.89. The minimum absolute atomic E-state index is 0.241. The summed E-state index contributed by atoms with van der Waals surface area (Å²) in [5, 5.41) is 20.3. The van der Waals surface area contributed by atoms with Gasteiger partial charge in [-0.1, -0.05) is 18.2 Å². The Hall–Kier alpha value is -3.14. The van der Waals surface area contributed by atoms with E-state index in [-0.39, 0.29) is 10.6 Å². The summed E-state index contributed by atoms with van der Waals surface area (Å²) in [7, 11) is -3.26. The van der Waals surface area contributed by atoms with E-state index in [9.17, 15) is 28.4 Å². The SMILES string of the molecule is COc1ccc([N+](=O)[O-])c(C(=O)O)c1OS(=O)(=O)c1ccccc1. The Labute approximate surface area is 136 Å². The van der Waals surface area contributed by atoms with Crippen LogP contribution in [0.1, 0.15) is 10.4 Å². The molecule has 0 aliphatic rings. The molecule has 1 N–H and O–H groups in total. The molecule has 9 nitrogen and oxygen atoms in total. The Morgan fingerprint density at radius 3 is 2.29 bits per heavy atom. The number of nitrogens with zero attached hydrogens (tertiary/aromatic N) is 1. The van der Waals surface area contributed by atoms with E-state index in [0.717, 1.165) is 19.2 Å². The van der Waals surface area contributed by atoms with E-state index in [4.69, 9.17) is 8.92 Å². The molecule has 2 aromatic rings. The van der Waals surface area contributed by atoms with Crippen LogP contribution in [0.15, 0.2) is 47.4 Å². The molecule has 2 rings (SSSR count). The summed E-state index contributed by atoms with van der Waals surface area (Å²) in [4.78, 5) is 21.2. The first-order chi connectivity index (χ1) is 11.3. The van der Waals surface area contributed by atoms with Crippen molar-refractivity contribution in [1.29, 1.82) is 0 Å². The van der Waals surface area contributed by atoms with Crippen molar-refractivity contribution in [3.8, 4) is 11.5 Å². The van der Waals surface area contributed by atoms with Crippen LogP contribution in [-0.4, -0.2) is 31.5 Å². The van der Waals surface area contributed by atoms with E-state index in [1.54, 1.807) is 6.07 Å². The fourth-order valence-electron chi connectivity index (χ4n) is 1.90. The molecule has 126 valence electrons. The molecule has 0 radical (unpaired) electrons. The molecule has 0 atom stereocenters. The zero-order chi connectivity index (χ0) is 17.9. The molecule has 0 heterocycles. The van der Waals surface area contributed by atoms with Crippen LogP contribution in [0.25, 0.3) is 0 Å². The Balaban J connectivity index is 2.67. The van der Waals surface area contributed by atoms with Gasteiger partial charge >= 0.3 is 16.1 Å². The standard InChI is InChI=1S/C14H11NO8S/c1-22-11-8-7-10(15(18)19)12(14(16)17)13(11)23-24(20,21)9-5-3-2-4-6-9/h2-8H,1H3,(H,16,17). The van der Waals surface area contributed by atoms with Crippen molar-refractivity contribution in [3.05, 3.63) is 58.1 Å². The highest BCUT2D eigenvalue weighted by molar-refractivity contribution is 7.87.